The second-order valence-corrected chi connectivity index (χ2v) is 4.83. The molecule has 1 aromatic carbocycles. The molecule has 4 nitrogen and oxygen atoms in total. The topological polar surface area (TPSA) is 62.8 Å². The number of benzene rings is 1. The number of aromatic amines is 1. The van der Waals surface area contributed by atoms with Gasteiger partial charge in [0.15, 0.2) is 5.78 Å². The molecule has 0 fully saturated rings. The van der Waals surface area contributed by atoms with Crippen LogP contribution in [0.15, 0.2) is 46.3 Å². The van der Waals surface area contributed by atoms with Gasteiger partial charge in [-0.05, 0) is 13.0 Å². The number of Topliss-reactive ketones (excluding diaryl/α,β-unsaturated/α-hetero) is 1. The fourth-order valence-electron chi connectivity index (χ4n) is 1.40. The molecule has 0 saturated heterocycles. The van der Waals surface area contributed by atoms with Crippen molar-refractivity contribution in [2.24, 2.45) is 0 Å². The molecule has 0 radical (unpaired) electrons. The van der Waals surface area contributed by atoms with Gasteiger partial charge in [-0.15, -0.1) is 11.8 Å². The van der Waals surface area contributed by atoms with E-state index >= 15 is 0 Å². The van der Waals surface area contributed by atoms with Crippen LogP contribution in [0, 0.1) is 6.92 Å². The molecule has 0 unspecified atom stereocenters. The molecule has 1 N–H and O–H groups in total. The van der Waals surface area contributed by atoms with E-state index in [0.717, 1.165) is 5.56 Å². The Balaban J connectivity index is 2.00. The monoisotopic (exact) mass is 260 g/mol. The molecule has 1 aromatic heterocycles. The predicted molar refractivity (Wildman–Crippen MR) is 71.1 cm³/mol. The summed E-state index contributed by atoms with van der Waals surface area (Å²) >= 11 is 1.30. The minimum atomic E-state index is -0.400. The molecule has 1 heterocycles. The van der Waals surface area contributed by atoms with Crippen LogP contribution in [-0.4, -0.2) is 21.5 Å². The number of hydrogen-bond acceptors (Lipinski definition) is 4. The van der Waals surface area contributed by atoms with E-state index < -0.39 is 5.69 Å². The molecule has 0 aliphatic heterocycles. The van der Waals surface area contributed by atoms with Gasteiger partial charge in [-0.1, -0.05) is 29.8 Å². The third-order valence-corrected chi connectivity index (χ3v) is 3.34. The van der Waals surface area contributed by atoms with Crippen LogP contribution in [0.4, 0.5) is 0 Å². The number of nitrogens with one attached hydrogen (secondary N) is 1. The first kappa shape index (κ1) is 12.6. The highest BCUT2D eigenvalue weighted by Gasteiger charge is 2.06. The molecule has 5 heteroatoms. The third kappa shape index (κ3) is 3.30. The van der Waals surface area contributed by atoms with Gasteiger partial charge in [0.05, 0.1) is 10.8 Å². The summed E-state index contributed by atoms with van der Waals surface area (Å²) in [6.07, 6.45) is 1.43. The zero-order valence-electron chi connectivity index (χ0n) is 9.84. The van der Waals surface area contributed by atoms with Crippen LogP contribution in [0.25, 0.3) is 0 Å². The highest BCUT2D eigenvalue weighted by Crippen LogP contribution is 2.15. The minimum absolute atomic E-state index is 0.0395. The minimum Gasteiger partial charge on any atom is -0.300 e. The van der Waals surface area contributed by atoms with Crippen LogP contribution < -0.4 is 5.69 Å². The van der Waals surface area contributed by atoms with E-state index in [0.29, 0.717) is 16.3 Å². The van der Waals surface area contributed by atoms with E-state index in [1.807, 2.05) is 31.2 Å². The SMILES string of the molecule is Cc1ccc(C(=O)CSc2ccnc(=O)[nH]2)cc1. The predicted octanol–water partition coefficient (Wildman–Crippen LogP) is 2.05. The molecule has 0 aliphatic carbocycles. The van der Waals surface area contributed by atoms with Gasteiger partial charge in [0.25, 0.3) is 0 Å². The van der Waals surface area contributed by atoms with Crippen molar-refractivity contribution in [1.82, 2.24) is 9.97 Å². The van der Waals surface area contributed by atoms with Crippen molar-refractivity contribution >= 4 is 17.5 Å². The number of nitrogens with zero attached hydrogens (tertiary/aromatic N) is 1. The second kappa shape index (κ2) is 5.64. The zero-order chi connectivity index (χ0) is 13.0. The van der Waals surface area contributed by atoms with Gasteiger partial charge in [-0.2, -0.15) is 0 Å². The lowest BCUT2D eigenvalue weighted by molar-refractivity contribution is 0.102. The maximum Gasteiger partial charge on any atom is 0.345 e. The summed E-state index contributed by atoms with van der Waals surface area (Å²) in [6, 6.07) is 9.12. The van der Waals surface area contributed by atoms with Crippen molar-refractivity contribution in [1.29, 1.82) is 0 Å². The number of hydrogen-bond donors (Lipinski definition) is 1. The Labute approximate surface area is 108 Å². The average molecular weight is 260 g/mol. The fraction of sp³-hybridized carbons (Fsp3) is 0.154. The van der Waals surface area contributed by atoms with Gasteiger partial charge in [-0.25, -0.2) is 9.78 Å². The third-order valence-electron chi connectivity index (χ3n) is 2.38. The molecule has 2 aromatic rings. The first-order chi connectivity index (χ1) is 8.65. The van der Waals surface area contributed by atoms with Crippen molar-refractivity contribution in [3.05, 3.63) is 58.1 Å². The van der Waals surface area contributed by atoms with Crippen LogP contribution in [-0.2, 0) is 0 Å². The van der Waals surface area contributed by atoms with Crippen molar-refractivity contribution < 1.29 is 4.79 Å². The molecule has 18 heavy (non-hydrogen) atoms. The Bertz CT molecular complexity index is 605. The van der Waals surface area contributed by atoms with Crippen LogP contribution in [0.3, 0.4) is 0 Å². The van der Waals surface area contributed by atoms with E-state index in [2.05, 4.69) is 9.97 Å². The number of ketones is 1. The molecule has 0 spiro atoms. The maximum absolute atomic E-state index is 11.9. The summed E-state index contributed by atoms with van der Waals surface area (Å²) in [5.41, 5.74) is 1.41. The number of thioether (sulfide) groups is 1. The summed E-state index contributed by atoms with van der Waals surface area (Å²) in [6.45, 7) is 1.98. The van der Waals surface area contributed by atoms with E-state index in [1.165, 1.54) is 18.0 Å². The van der Waals surface area contributed by atoms with Gasteiger partial charge in [0.2, 0.25) is 0 Å². The molecule has 0 atom stereocenters. The number of carbonyl (C=O) groups excluding carboxylic acids is 1. The quantitative estimate of drug-likeness (QED) is 0.519. The lowest BCUT2D eigenvalue weighted by atomic mass is 10.1. The summed E-state index contributed by atoms with van der Waals surface area (Å²) < 4.78 is 0. The molecule has 0 bridgehead atoms. The first-order valence-corrected chi connectivity index (χ1v) is 6.42. The number of H-pyrrole nitrogens is 1. The van der Waals surface area contributed by atoms with Crippen molar-refractivity contribution in [2.75, 3.05) is 5.75 Å². The van der Waals surface area contributed by atoms with Crippen LogP contribution in [0.1, 0.15) is 15.9 Å². The van der Waals surface area contributed by atoms with Gasteiger partial charge < -0.3 is 4.98 Å². The number of carbonyl (C=O) groups is 1. The molecular weight excluding hydrogens is 248 g/mol. The van der Waals surface area contributed by atoms with Gasteiger partial charge in [0.1, 0.15) is 0 Å². The first-order valence-electron chi connectivity index (χ1n) is 5.43. The Kier molecular flexibility index (Phi) is 3.94. The summed E-state index contributed by atoms with van der Waals surface area (Å²) in [4.78, 5) is 29.0. The van der Waals surface area contributed by atoms with E-state index in [4.69, 9.17) is 0 Å². The van der Waals surface area contributed by atoms with Crippen molar-refractivity contribution in [3.63, 3.8) is 0 Å². The number of aryl methyl sites for hydroxylation is 1. The van der Waals surface area contributed by atoms with Crippen LogP contribution in [0.5, 0.6) is 0 Å². The molecule has 2 rings (SSSR count). The Hall–Kier alpha value is -1.88. The second-order valence-electron chi connectivity index (χ2n) is 3.82. The summed E-state index contributed by atoms with van der Waals surface area (Å²) in [5, 5.41) is 0.649. The average Bonchev–Trinajstić information content (AvgIpc) is 2.37. The number of aromatic nitrogens is 2. The van der Waals surface area contributed by atoms with Gasteiger partial charge in [-0.3, -0.25) is 4.79 Å². The van der Waals surface area contributed by atoms with Crippen molar-refractivity contribution in [3.8, 4) is 0 Å². The van der Waals surface area contributed by atoms with Crippen LogP contribution in [0.2, 0.25) is 0 Å². The maximum atomic E-state index is 11.9. The van der Waals surface area contributed by atoms with Gasteiger partial charge in [0, 0.05) is 11.8 Å². The van der Waals surface area contributed by atoms with E-state index in [9.17, 15) is 9.59 Å². The Morgan fingerprint density at radius 3 is 2.67 bits per heavy atom. The van der Waals surface area contributed by atoms with Crippen molar-refractivity contribution in [2.45, 2.75) is 11.9 Å². The molecular formula is C13H12N2O2S. The summed E-state index contributed by atoms with van der Waals surface area (Å²) in [7, 11) is 0. The molecule has 92 valence electrons. The Morgan fingerprint density at radius 1 is 1.28 bits per heavy atom. The summed E-state index contributed by atoms with van der Waals surface area (Å²) in [5.74, 6) is 0.334. The standard InChI is InChI=1S/C13H12N2O2S/c1-9-2-4-10(5-3-9)11(16)8-18-12-6-7-14-13(17)15-12/h2-7H,8H2,1H3,(H,14,15,17). The normalized spacial score (nSPS) is 10.3. The smallest absolute Gasteiger partial charge is 0.300 e. The largest absolute Gasteiger partial charge is 0.345 e. The Morgan fingerprint density at radius 2 is 2.00 bits per heavy atom. The number of rotatable bonds is 4. The molecule has 0 saturated carbocycles. The lowest BCUT2D eigenvalue weighted by Crippen LogP contribution is -2.10. The van der Waals surface area contributed by atoms with E-state index in [1.54, 1.807) is 6.07 Å². The zero-order valence-corrected chi connectivity index (χ0v) is 10.7. The van der Waals surface area contributed by atoms with Gasteiger partial charge >= 0.3 is 5.69 Å². The highest BCUT2D eigenvalue weighted by molar-refractivity contribution is 7.99. The fourth-order valence-corrected chi connectivity index (χ4v) is 2.17. The van der Waals surface area contributed by atoms with Crippen LogP contribution >= 0.6 is 11.8 Å². The lowest BCUT2D eigenvalue weighted by Gasteiger charge is -2.01. The van der Waals surface area contributed by atoms with E-state index in [-0.39, 0.29) is 5.78 Å². The molecule has 0 amide bonds. The molecule has 0 aliphatic rings. The highest BCUT2D eigenvalue weighted by atomic mass is 32.2.